The van der Waals surface area contributed by atoms with Gasteiger partial charge in [0.2, 0.25) is 5.91 Å². The number of thioether (sulfide) groups is 1. The lowest BCUT2D eigenvalue weighted by molar-refractivity contribution is -0.119. The molecule has 0 saturated carbocycles. The van der Waals surface area contributed by atoms with E-state index < -0.39 is 5.60 Å². The van der Waals surface area contributed by atoms with Crippen molar-refractivity contribution in [3.05, 3.63) is 54.0 Å². The fraction of sp³-hybridized carbons (Fsp3) is 0.250. The lowest BCUT2D eigenvalue weighted by Crippen LogP contribution is -2.39. The van der Waals surface area contributed by atoms with E-state index in [1.165, 1.54) is 18.0 Å². The lowest BCUT2D eigenvalue weighted by Gasteiger charge is -2.21. The molecule has 0 bridgehead atoms. The van der Waals surface area contributed by atoms with Crippen LogP contribution in [0.5, 0.6) is 0 Å². The predicted octanol–water partition coefficient (Wildman–Crippen LogP) is 2.27. The summed E-state index contributed by atoms with van der Waals surface area (Å²) in [5.41, 5.74) is -0.651. The minimum absolute atomic E-state index is 0.0767. The molecule has 2 aromatic rings. The maximum absolute atomic E-state index is 11.8. The summed E-state index contributed by atoms with van der Waals surface area (Å²) in [5.74, 6) is 0.467. The molecular formula is C16H16N2O3S. The number of hydrogen-bond donors (Lipinski definition) is 2. The summed E-state index contributed by atoms with van der Waals surface area (Å²) in [6.07, 6.45) is 1.48. The van der Waals surface area contributed by atoms with Gasteiger partial charge >= 0.3 is 0 Å². The zero-order valence-electron chi connectivity index (χ0n) is 12.1. The van der Waals surface area contributed by atoms with E-state index in [0.29, 0.717) is 11.3 Å². The second-order valence-electron chi connectivity index (χ2n) is 4.95. The van der Waals surface area contributed by atoms with Gasteiger partial charge in [-0.25, -0.2) is 0 Å². The smallest absolute Gasteiger partial charge is 0.230 e. The maximum atomic E-state index is 11.8. The second kappa shape index (κ2) is 7.16. The predicted molar refractivity (Wildman–Crippen MR) is 83.2 cm³/mol. The van der Waals surface area contributed by atoms with Crippen molar-refractivity contribution in [3.8, 4) is 6.07 Å². The van der Waals surface area contributed by atoms with Crippen LogP contribution in [0.25, 0.3) is 0 Å². The van der Waals surface area contributed by atoms with Crippen molar-refractivity contribution in [3.63, 3.8) is 0 Å². The van der Waals surface area contributed by atoms with Crippen molar-refractivity contribution in [2.45, 2.75) is 17.4 Å². The Labute approximate surface area is 132 Å². The number of carbonyl (C=O) groups excluding carboxylic acids is 1. The van der Waals surface area contributed by atoms with E-state index in [1.54, 1.807) is 43.3 Å². The SMILES string of the molecule is CC(O)(CNC(=O)CSc1ccc(C#N)cc1)c1ccco1. The monoisotopic (exact) mass is 316 g/mol. The van der Waals surface area contributed by atoms with E-state index in [4.69, 9.17) is 9.68 Å². The molecule has 114 valence electrons. The summed E-state index contributed by atoms with van der Waals surface area (Å²) in [6, 6.07) is 12.4. The third-order valence-electron chi connectivity index (χ3n) is 3.04. The van der Waals surface area contributed by atoms with Gasteiger partial charge in [-0.15, -0.1) is 11.8 Å². The van der Waals surface area contributed by atoms with Gasteiger partial charge in [0, 0.05) is 4.90 Å². The van der Waals surface area contributed by atoms with Crippen LogP contribution in [-0.4, -0.2) is 23.3 Å². The zero-order chi connectivity index (χ0) is 16.0. The normalized spacial score (nSPS) is 13.1. The van der Waals surface area contributed by atoms with E-state index >= 15 is 0 Å². The molecule has 0 saturated heterocycles. The number of amides is 1. The van der Waals surface area contributed by atoms with Crippen molar-refractivity contribution in [1.82, 2.24) is 5.32 Å². The van der Waals surface area contributed by atoms with Crippen LogP contribution in [0.1, 0.15) is 18.2 Å². The molecule has 0 aliphatic rings. The maximum Gasteiger partial charge on any atom is 0.230 e. The Kier molecular flexibility index (Phi) is 5.26. The first-order valence-electron chi connectivity index (χ1n) is 6.67. The van der Waals surface area contributed by atoms with Crippen LogP contribution >= 0.6 is 11.8 Å². The Morgan fingerprint density at radius 2 is 2.14 bits per heavy atom. The number of aliphatic hydroxyl groups is 1. The van der Waals surface area contributed by atoms with Crippen LogP contribution in [-0.2, 0) is 10.4 Å². The first-order valence-corrected chi connectivity index (χ1v) is 7.66. The number of furan rings is 1. The highest BCUT2D eigenvalue weighted by Gasteiger charge is 2.26. The van der Waals surface area contributed by atoms with Crippen LogP contribution in [0.4, 0.5) is 0 Å². The fourth-order valence-corrected chi connectivity index (χ4v) is 2.50. The molecule has 5 nitrogen and oxygen atoms in total. The number of nitriles is 1. The lowest BCUT2D eigenvalue weighted by atomic mass is 10.0. The van der Waals surface area contributed by atoms with Crippen molar-refractivity contribution in [2.75, 3.05) is 12.3 Å². The number of hydrogen-bond acceptors (Lipinski definition) is 5. The quantitative estimate of drug-likeness (QED) is 0.798. The first-order chi connectivity index (χ1) is 10.5. The number of rotatable bonds is 6. The van der Waals surface area contributed by atoms with Crippen LogP contribution in [0.15, 0.2) is 52.0 Å². The van der Waals surface area contributed by atoms with Crippen molar-refractivity contribution < 1.29 is 14.3 Å². The molecule has 6 heteroatoms. The van der Waals surface area contributed by atoms with E-state index in [9.17, 15) is 9.90 Å². The fourth-order valence-electron chi connectivity index (χ4n) is 1.77. The Hall–Kier alpha value is -2.23. The number of benzene rings is 1. The van der Waals surface area contributed by atoms with Crippen molar-refractivity contribution in [1.29, 1.82) is 5.26 Å². The highest BCUT2D eigenvalue weighted by atomic mass is 32.2. The molecule has 1 amide bonds. The number of carbonyl (C=O) groups is 1. The van der Waals surface area contributed by atoms with Gasteiger partial charge in [-0.3, -0.25) is 4.79 Å². The van der Waals surface area contributed by atoms with Gasteiger partial charge in [0.15, 0.2) is 0 Å². The van der Waals surface area contributed by atoms with Gasteiger partial charge in [0.1, 0.15) is 11.4 Å². The molecule has 0 aliphatic carbocycles. The van der Waals surface area contributed by atoms with E-state index in [-0.39, 0.29) is 18.2 Å². The van der Waals surface area contributed by atoms with Crippen LogP contribution < -0.4 is 5.32 Å². The molecule has 0 spiro atoms. The van der Waals surface area contributed by atoms with Gasteiger partial charge in [0.05, 0.1) is 30.2 Å². The molecule has 1 atom stereocenters. The largest absolute Gasteiger partial charge is 0.466 e. The Morgan fingerprint density at radius 1 is 1.41 bits per heavy atom. The Balaban J connectivity index is 1.79. The first kappa shape index (κ1) is 16.1. The second-order valence-corrected chi connectivity index (χ2v) is 6.00. The van der Waals surface area contributed by atoms with Crippen molar-refractivity contribution >= 4 is 17.7 Å². The molecule has 22 heavy (non-hydrogen) atoms. The van der Waals surface area contributed by atoms with Gasteiger partial charge in [0.25, 0.3) is 0 Å². The highest BCUT2D eigenvalue weighted by Crippen LogP contribution is 2.20. The molecule has 0 radical (unpaired) electrons. The standard InChI is InChI=1S/C16H16N2O3S/c1-16(20,14-3-2-8-21-14)11-18-15(19)10-22-13-6-4-12(9-17)5-7-13/h2-8,20H,10-11H2,1H3,(H,18,19). The van der Waals surface area contributed by atoms with Gasteiger partial charge in [-0.1, -0.05) is 0 Å². The summed E-state index contributed by atoms with van der Waals surface area (Å²) >= 11 is 1.37. The molecule has 2 rings (SSSR count). The number of nitrogens with zero attached hydrogens (tertiary/aromatic N) is 1. The summed E-state index contributed by atoms with van der Waals surface area (Å²) in [5, 5.41) is 21.6. The summed E-state index contributed by atoms with van der Waals surface area (Å²) in [4.78, 5) is 12.7. The van der Waals surface area contributed by atoms with E-state index in [2.05, 4.69) is 5.32 Å². The van der Waals surface area contributed by atoms with Crippen LogP contribution in [0, 0.1) is 11.3 Å². The Morgan fingerprint density at radius 3 is 2.73 bits per heavy atom. The molecule has 2 N–H and O–H groups in total. The Bertz CT molecular complexity index is 658. The van der Waals surface area contributed by atoms with Crippen LogP contribution in [0.2, 0.25) is 0 Å². The highest BCUT2D eigenvalue weighted by molar-refractivity contribution is 8.00. The number of nitrogens with one attached hydrogen (secondary N) is 1. The molecule has 0 aliphatic heterocycles. The average molecular weight is 316 g/mol. The third kappa shape index (κ3) is 4.38. The van der Waals surface area contributed by atoms with Gasteiger partial charge in [-0.2, -0.15) is 5.26 Å². The van der Waals surface area contributed by atoms with Gasteiger partial charge < -0.3 is 14.8 Å². The molecule has 1 aromatic heterocycles. The molecular weight excluding hydrogens is 300 g/mol. The minimum atomic E-state index is -1.24. The van der Waals surface area contributed by atoms with Gasteiger partial charge in [-0.05, 0) is 43.3 Å². The van der Waals surface area contributed by atoms with Crippen LogP contribution in [0.3, 0.4) is 0 Å². The topological polar surface area (TPSA) is 86.3 Å². The zero-order valence-corrected chi connectivity index (χ0v) is 12.9. The average Bonchev–Trinajstić information content (AvgIpc) is 3.07. The summed E-state index contributed by atoms with van der Waals surface area (Å²) in [7, 11) is 0. The van der Waals surface area contributed by atoms with E-state index in [1.807, 2.05) is 6.07 Å². The van der Waals surface area contributed by atoms with E-state index in [0.717, 1.165) is 4.90 Å². The molecule has 0 fully saturated rings. The molecule has 1 aromatic carbocycles. The molecule has 1 unspecified atom stereocenters. The summed E-state index contributed by atoms with van der Waals surface area (Å²) in [6.45, 7) is 1.66. The summed E-state index contributed by atoms with van der Waals surface area (Å²) < 4.78 is 5.15. The minimum Gasteiger partial charge on any atom is -0.466 e. The third-order valence-corrected chi connectivity index (χ3v) is 4.05. The van der Waals surface area contributed by atoms with Crippen molar-refractivity contribution in [2.24, 2.45) is 0 Å². The molecule has 1 heterocycles.